The molecule has 0 saturated carbocycles. The van der Waals surface area contributed by atoms with Gasteiger partial charge in [0.25, 0.3) is 0 Å². The molecule has 0 aliphatic heterocycles. The average molecular weight is 204 g/mol. The fourth-order valence-electron chi connectivity index (χ4n) is 0.919. The summed E-state index contributed by atoms with van der Waals surface area (Å²) in [4.78, 5) is 0. The molecule has 5 nitrogen and oxygen atoms in total. The first-order chi connectivity index (χ1) is 5.90. The molecule has 0 atom stereocenters. The van der Waals surface area contributed by atoms with E-state index in [4.69, 9.17) is 4.52 Å². The first kappa shape index (κ1) is 10.2. The van der Waals surface area contributed by atoms with Gasteiger partial charge in [-0.3, -0.25) is 0 Å². The van der Waals surface area contributed by atoms with Crippen LogP contribution in [-0.4, -0.2) is 23.9 Å². The van der Waals surface area contributed by atoms with Gasteiger partial charge in [0.05, 0.1) is 15.8 Å². The van der Waals surface area contributed by atoms with Gasteiger partial charge in [-0.15, -0.1) is 0 Å². The van der Waals surface area contributed by atoms with E-state index >= 15 is 0 Å². The Balaban J connectivity index is 2.71. The van der Waals surface area contributed by atoms with Gasteiger partial charge in [0.15, 0.2) is 0 Å². The summed E-state index contributed by atoms with van der Waals surface area (Å²) in [5.74, 6) is 0.220. The Labute approximate surface area is 76.5 Å². The molecule has 1 heterocycles. The lowest BCUT2D eigenvalue weighted by molar-refractivity contribution is 0.390. The molecule has 0 amide bonds. The van der Waals surface area contributed by atoms with Crippen LogP contribution in [-0.2, 0) is 16.5 Å². The molecular formula is C7H10NO4S-. The van der Waals surface area contributed by atoms with Crippen molar-refractivity contribution in [1.82, 2.24) is 5.16 Å². The minimum Gasteiger partial charge on any atom is -0.748 e. The normalized spacial score (nSPS) is 11.9. The van der Waals surface area contributed by atoms with E-state index in [1.165, 1.54) is 0 Å². The highest BCUT2D eigenvalue weighted by molar-refractivity contribution is 7.85. The molecule has 0 spiro atoms. The summed E-state index contributed by atoms with van der Waals surface area (Å²) < 4.78 is 35.7. The molecule has 0 fully saturated rings. The molecular weight excluding hydrogens is 194 g/mol. The third-order valence-corrected chi connectivity index (χ3v) is 2.55. The van der Waals surface area contributed by atoms with E-state index in [1.54, 1.807) is 13.8 Å². The molecule has 0 aliphatic rings. The lowest BCUT2D eigenvalue weighted by atomic mass is 10.2. The van der Waals surface area contributed by atoms with Crippen LogP contribution in [0.15, 0.2) is 4.52 Å². The SMILES string of the molecule is Cc1onc(CCS(=O)(=O)[O-])c1C. The van der Waals surface area contributed by atoms with Crippen LogP contribution >= 0.6 is 0 Å². The molecule has 0 unspecified atom stereocenters. The quantitative estimate of drug-likeness (QED) is 0.664. The minimum atomic E-state index is -4.16. The van der Waals surface area contributed by atoms with E-state index < -0.39 is 15.9 Å². The zero-order chi connectivity index (χ0) is 10.1. The fraction of sp³-hybridized carbons (Fsp3) is 0.571. The van der Waals surface area contributed by atoms with Crippen molar-refractivity contribution in [3.8, 4) is 0 Å². The van der Waals surface area contributed by atoms with Crippen LogP contribution in [0.5, 0.6) is 0 Å². The standard InChI is InChI=1S/C7H11NO4S/c1-5-6(2)12-8-7(5)3-4-13(9,10)11/h3-4H2,1-2H3,(H,9,10,11)/p-1. The summed E-state index contributed by atoms with van der Waals surface area (Å²) in [6, 6.07) is 0. The van der Waals surface area contributed by atoms with Crippen LogP contribution in [0.3, 0.4) is 0 Å². The smallest absolute Gasteiger partial charge is 0.136 e. The van der Waals surface area contributed by atoms with Gasteiger partial charge < -0.3 is 9.08 Å². The van der Waals surface area contributed by atoms with Crippen LogP contribution in [0.4, 0.5) is 0 Å². The van der Waals surface area contributed by atoms with Gasteiger partial charge in [-0.25, -0.2) is 8.42 Å². The van der Waals surface area contributed by atoms with Crippen LogP contribution in [0.25, 0.3) is 0 Å². The van der Waals surface area contributed by atoms with Crippen molar-refractivity contribution in [2.75, 3.05) is 5.75 Å². The van der Waals surface area contributed by atoms with Crippen molar-refractivity contribution in [3.05, 3.63) is 17.0 Å². The van der Waals surface area contributed by atoms with Crippen molar-refractivity contribution in [2.24, 2.45) is 0 Å². The largest absolute Gasteiger partial charge is 0.748 e. The van der Waals surface area contributed by atoms with Crippen LogP contribution < -0.4 is 0 Å². The van der Waals surface area contributed by atoms with Crippen molar-refractivity contribution < 1.29 is 17.5 Å². The zero-order valence-corrected chi connectivity index (χ0v) is 8.22. The molecule has 0 bridgehead atoms. The second-order valence-corrected chi connectivity index (χ2v) is 4.35. The maximum absolute atomic E-state index is 10.3. The van der Waals surface area contributed by atoms with E-state index in [-0.39, 0.29) is 6.42 Å². The number of rotatable bonds is 3. The van der Waals surface area contributed by atoms with Crippen molar-refractivity contribution in [1.29, 1.82) is 0 Å². The fourth-order valence-corrected chi connectivity index (χ4v) is 1.36. The Morgan fingerprint density at radius 1 is 1.46 bits per heavy atom. The number of hydrogen-bond acceptors (Lipinski definition) is 5. The maximum Gasteiger partial charge on any atom is 0.136 e. The third-order valence-electron chi connectivity index (χ3n) is 1.84. The third kappa shape index (κ3) is 2.82. The molecule has 1 rings (SSSR count). The van der Waals surface area contributed by atoms with E-state index in [9.17, 15) is 13.0 Å². The van der Waals surface area contributed by atoms with Gasteiger partial charge in [-0.2, -0.15) is 0 Å². The summed E-state index contributed by atoms with van der Waals surface area (Å²) in [5.41, 5.74) is 1.35. The van der Waals surface area contributed by atoms with Gasteiger partial charge in [0, 0.05) is 17.7 Å². The Morgan fingerprint density at radius 3 is 2.46 bits per heavy atom. The first-order valence-corrected chi connectivity index (χ1v) is 5.33. The highest BCUT2D eigenvalue weighted by Gasteiger charge is 2.08. The molecule has 0 saturated heterocycles. The topological polar surface area (TPSA) is 83.2 Å². The molecule has 74 valence electrons. The lowest BCUT2D eigenvalue weighted by Gasteiger charge is -2.03. The van der Waals surface area contributed by atoms with E-state index in [0.29, 0.717) is 11.5 Å². The van der Waals surface area contributed by atoms with Crippen LogP contribution in [0, 0.1) is 13.8 Å². The molecule has 1 aromatic rings. The Morgan fingerprint density at radius 2 is 2.08 bits per heavy atom. The van der Waals surface area contributed by atoms with Gasteiger partial charge >= 0.3 is 0 Å². The van der Waals surface area contributed by atoms with Crippen LogP contribution in [0.1, 0.15) is 17.0 Å². The predicted octanol–water partition coefficient (Wildman–Crippen LogP) is 0.379. The molecule has 0 aliphatic carbocycles. The minimum absolute atomic E-state index is 0.120. The highest BCUT2D eigenvalue weighted by Crippen LogP contribution is 2.12. The number of nitrogens with zero attached hydrogens (tertiary/aromatic N) is 1. The van der Waals surface area contributed by atoms with Gasteiger partial charge in [-0.1, -0.05) is 5.16 Å². The van der Waals surface area contributed by atoms with Crippen molar-refractivity contribution >= 4 is 10.1 Å². The molecule has 0 aromatic carbocycles. The summed E-state index contributed by atoms with van der Waals surface area (Å²) in [5, 5.41) is 3.64. The Bertz CT molecular complexity index is 393. The average Bonchev–Trinajstić information content (AvgIpc) is 2.29. The van der Waals surface area contributed by atoms with Crippen molar-refractivity contribution in [2.45, 2.75) is 20.3 Å². The summed E-state index contributed by atoms with van der Waals surface area (Å²) in [7, 11) is -4.16. The second-order valence-electron chi connectivity index (χ2n) is 2.82. The zero-order valence-electron chi connectivity index (χ0n) is 7.40. The monoisotopic (exact) mass is 204 g/mol. The molecule has 0 radical (unpaired) electrons. The summed E-state index contributed by atoms with van der Waals surface area (Å²) in [6.07, 6.45) is 0.120. The molecule has 13 heavy (non-hydrogen) atoms. The number of aryl methyl sites for hydroxylation is 2. The number of aromatic nitrogens is 1. The van der Waals surface area contributed by atoms with E-state index in [0.717, 1.165) is 5.56 Å². The molecule has 1 aromatic heterocycles. The summed E-state index contributed by atoms with van der Waals surface area (Å²) in [6.45, 7) is 3.51. The maximum atomic E-state index is 10.3. The van der Waals surface area contributed by atoms with Gasteiger partial charge in [0.1, 0.15) is 5.76 Å². The van der Waals surface area contributed by atoms with Gasteiger partial charge in [0.2, 0.25) is 0 Å². The lowest BCUT2D eigenvalue weighted by Crippen LogP contribution is -2.07. The van der Waals surface area contributed by atoms with Gasteiger partial charge in [-0.05, 0) is 13.8 Å². The van der Waals surface area contributed by atoms with Crippen LogP contribution in [0.2, 0.25) is 0 Å². The number of hydrogen-bond donors (Lipinski definition) is 0. The predicted molar refractivity (Wildman–Crippen MR) is 44.2 cm³/mol. The second kappa shape index (κ2) is 3.47. The Kier molecular flexibility index (Phi) is 2.72. The molecule has 6 heteroatoms. The highest BCUT2D eigenvalue weighted by atomic mass is 32.2. The van der Waals surface area contributed by atoms with Crippen molar-refractivity contribution in [3.63, 3.8) is 0 Å². The molecule has 0 N–H and O–H groups in total. The first-order valence-electron chi connectivity index (χ1n) is 3.75. The Hall–Kier alpha value is -0.880. The summed E-state index contributed by atoms with van der Waals surface area (Å²) >= 11 is 0. The van der Waals surface area contributed by atoms with E-state index in [1.807, 2.05) is 0 Å². The van der Waals surface area contributed by atoms with E-state index in [2.05, 4.69) is 5.16 Å².